The van der Waals surface area contributed by atoms with Crippen molar-refractivity contribution in [1.29, 1.82) is 0 Å². The molecule has 21 heavy (non-hydrogen) atoms. The van der Waals surface area contributed by atoms with Crippen LogP contribution >= 0.6 is 11.8 Å². The smallest absolute Gasteiger partial charge is 0.0992 e. The fraction of sp³-hybridized carbons (Fsp3) is 0.333. The van der Waals surface area contributed by atoms with Gasteiger partial charge < -0.3 is 0 Å². The van der Waals surface area contributed by atoms with Crippen LogP contribution in [0.4, 0.5) is 11.4 Å². The van der Waals surface area contributed by atoms with Crippen molar-refractivity contribution in [2.45, 2.75) is 42.2 Å². The molecule has 2 nitrogen and oxygen atoms in total. The van der Waals surface area contributed by atoms with E-state index in [4.69, 9.17) is 0 Å². The summed E-state index contributed by atoms with van der Waals surface area (Å²) in [7, 11) is 0. The Kier molecular flexibility index (Phi) is 5.06. The summed E-state index contributed by atoms with van der Waals surface area (Å²) in [5.41, 5.74) is 1.88. The first-order chi connectivity index (χ1) is 10.4. The zero-order chi connectivity index (χ0) is 14.3. The van der Waals surface area contributed by atoms with Crippen LogP contribution < -0.4 is 0 Å². The van der Waals surface area contributed by atoms with Crippen LogP contribution in [0.25, 0.3) is 0 Å². The van der Waals surface area contributed by atoms with Crippen molar-refractivity contribution in [2.75, 3.05) is 0 Å². The summed E-state index contributed by atoms with van der Waals surface area (Å²) in [6.07, 6.45) is 6.78. The molecule has 1 aliphatic carbocycles. The van der Waals surface area contributed by atoms with Gasteiger partial charge in [-0.05, 0) is 37.1 Å². The second-order valence-corrected chi connectivity index (χ2v) is 6.72. The molecule has 0 heterocycles. The minimum atomic E-state index is 0.742. The fourth-order valence-electron chi connectivity index (χ4n) is 2.61. The van der Waals surface area contributed by atoms with Crippen LogP contribution in [-0.2, 0) is 0 Å². The second-order valence-electron chi connectivity index (χ2n) is 5.38. The van der Waals surface area contributed by atoms with E-state index >= 15 is 0 Å². The topological polar surface area (TPSA) is 24.7 Å². The lowest BCUT2D eigenvalue weighted by molar-refractivity contribution is 0.516. The highest BCUT2D eigenvalue weighted by Crippen LogP contribution is 2.38. The van der Waals surface area contributed by atoms with E-state index in [-0.39, 0.29) is 0 Å². The molecule has 108 valence electrons. The fourth-order valence-corrected chi connectivity index (χ4v) is 3.92. The van der Waals surface area contributed by atoms with Crippen LogP contribution in [0.2, 0.25) is 0 Å². The van der Waals surface area contributed by atoms with Crippen molar-refractivity contribution < 1.29 is 0 Å². The predicted molar refractivity (Wildman–Crippen MR) is 89.8 cm³/mol. The first-order valence-corrected chi connectivity index (χ1v) is 8.52. The molecule has 0 N–H and O–H groups in total. The lowest BCUT2D eigenvalue weighted by Crippen LogP contribution is -2.07. The van der Waals surface area contributed by atoms with Gasteiger partial charge in [0.25, 0.3) is 0 Å². The highest BCUT2D eigenvalue weighted by atomic mass is 32.2. The van der Waals surface area contributed by atoms with Crippen LogP contribution in [0, 0.1) is 0 Å². The van der Waals surface area contributed by atoms with E-state index in [1.54, 1.807) is 0 Å². The Balaban J connectivity index is 1.74. The predicted octanol–water partition coefficient (Wildman–Crippen LogP) is 6.53. The monoisotopic (exact) mass is 296 g/mol. The Hall–Kier alpha value is -1.61. The van der Waals surface area contributed by atoms with E-state index in [0.29, 0.717) is 0 Å². The van der Waals surface area contributed by atoms with Crippen molar-refractivity contribution in [3.05, 3.63) is 54.6 Å². The average Bonchev–Trinajstić information content (AvgIpc) is 2.56. The van der Waals surface area contributed by atoms with Gasteiger partial charge in [-0.2, -0.15) is 5.11 Å². The highest BCUT2D eigenvalue weighted by molar-refractivity contribution is 8.00. The number of azo groups is 1. The summed E-state index contributed by atoms with van der Waals surface area (Å²) < 4.78 is 0. The average molecular weight is 296 g/mol. The molecular formula is C18H20N2S. The minimum Gasteiger partial charge on any atom is -0.151 e. The molecule has 0 aromatic heterocycles. The molecule has 3 rings (SSSR count). The molecule has 0 amide bonds. The third kappa shape index (κ3) is 4.18. The van der Waals surface area contributed by atoms with Crippen LogP contribution in [0.1, 0.15) is 32.1 Å². The molecule has 0 saturated heterocycles. The summed E-state index contributed by atoms with van der Waals surface area (Å²) in [6, 6.07) is 18.2. The molecule has 1 fully saturated rings. The van der Waals surface area contributed by atoms with Gasteiger partial charge in [0.2, 0.25) is 0 Å². The first-order valence-electron chi connectivity index (χ1n) is 7.64. The lowest BCUT2D eigenvalue weighted by Gasteiger charge is -2.21. The van der Waals surface area contributed by atoms with Crippen molar-refractivity contribution in [2.24, 2.45) is 10.2 Å². The van der Waals surface area contributed by atoms with Crippen molar-refractivity contribution in [3.63, 3.8) is 0 Å². The molecular weight excluding hydrogens is 276 g/mol. The van der Waals surface area contributed by atoms with Crippen molar-refractivity contribution in [1.82, 2.24) is 0 Å². The van der Waals surface area contributed by atoms with Gasteiger partial charge in [-0.25, -0.2) is 0 Å². The van der Waals surface area contributed by atoms with Gasteiger partial charge in [-0.1, -0.05) is 49.6 Å². The van der Waals surface area contributed by atoms with Gasteiger partial charge in [0.05, 0.1) is 11.4 Å². The quantitative estimate of drug-likeness (QED) is 0.589. The maximum absolute atomic E-state index is 4.45. The molecule has 1 aliphatic rings. The van der Waals surface area contributed by atoms with Crippen LogP contribution in [0.15, 0.2) is 69.7 Å². The van der Waals surface area contributed by atoms with Crippen LogP contribution in [0.3, 0.4) is 0 Å². The van der Waals surface area contributed by atoms with Crippen molar-refractivity contribution in [3.8, 4) is 0 Å². The molecule has 0 unspecified atom stereocenters. The van der Waals surface area contributed by atoms with E-state index in [2.05, 4.69) is 28.4 Å². The molecule has 0 radical (unpaired) electrons. The van der Waals surface area contributed by atoms with Gasteiger partial charge >= 0.3 is 0 Å². The highest BCUT2D eigenvalue weighted by Gasteiger charge is 2.16. The second kappa shape index (κ2) is 7.41. The molecule has 0 aliphatic heterocycles. The zero-order valence-electron chi connectivity index (χ0n) is 12.1. The molecule has 1 saturated carbocycles. The summed E-state index contributed by atoms with van der Waals surface area (Å²) in [6.45, 7) is 0. The third-order valence-corrected chi connectivity index (χ3v) is 5.14. The number of nitrogens with zero attached hydrogens (tertiary/aromatic N) is 2. The van der Waals surface area contributed by atoms with Gasteiger partial charge in [0.15, 0.2) is 0 Å². The Morgan fingerprint density at radius 2 is 1.48 bits per heavy atom. The molecule has 2 aromatic rings. The normalized spacial score (nSPS) is 16.4. The Morgan fingerprint density at radius 1 is 0.762 bits per heavy atom. The summed E-state index contributed by atoms with van der Waals surface area (Å²) in [5.74, 6) is 0. The standard InChI is InChI=1S/C18H20N2S/c1-3-9-15(10-4-1)19-20-17-13-7-8-14-18(17)21-16-11-5-2-6-12-16/h1,3-4,7-10,13-14,16H,2,5-6,11-12H2. The molecule has 3 heteroatoms. The van der Waals surface area contributed by atoms with E-state index in [1.165, 1.54) is 37.0 Å². The number of hydrogen-bond donors (Lipinski definition) is 0. The molecule has 0 atom stereocenters. The summed E-state index contributed by atoms with van der Waals surface area (Å²) in [5, 5.41) is 9.53. The number of thioether (sulfide) groups is 1. The largest absolute Gasteiger partial charge is 0.151 e. The maximum atomic E-state index is 4.45. The molecule has 2 aromatic carbocycles. The van der Waals surface area contributed by atoms with E-state index in [1.807, 2.05) is 48.2 Å². The molecule has 0 spiro atoms. The van der Waals surface area contributed by atoms with Gasteiger partial charge in [-0.3, -0.25) is 0 Å². The SMILES string of the molecule is c1ccc(N=Nc2ccccc2SC2CCCCC2)cc1. The van der Waals surface area contributed by atoms with Crippen molar-refractivity contribution >= 4 is 23.1 Å². The van der Waals surface area contributed by atoms with E-state index in [0.717, 1.165) is 16.6 Å². The molecule has 0 bridgehead atoms. The number of rotatable bonds is 4. The minimum absolute atomic E-state index is 0.742. The van der Waals surface area contributed by atoms with Crippen LogP contribution in [0.5, 0.6) is 0 Å². The summed E-state index contributed by atoms with van der Waals surface area (Å²) in [4.78, 5) is 1.25. The third-order valence-electron chi connectivity index (χ3n) is 3.74. The van der Waals surface area contributed by atoms with E-state index < -0.39 is 0 Å². The Morgan fingerprint density at radius 3 is 2.29 bits per heavy atom. The number of benzene rings is 2. The maximum Gasteiger partial charge on any atom is 0.0992 e. The van der Waals surface area contributed by atoms with Gasteiger partial charge in [-0.15, -0.1) is 16.9 Å². The zero-order valence-corrected chi connectivity index (χ0v) is 12.9. The summed E-state index contributed by atoms with van der Waals surface area (Å²) >= 11 is 1.97. The Bertz CT molecular complexity index is 589. The first kappa shape index (κ1) is 14.3. The van der Waals surface area contributed by atoms with Crippen LogP contribution in [-0.4, -0.2) is 5.25 Å². The van der Waals surface area contributed by atoms with Gasteiger partial charge in [0, 0.05) is 10.1 Å². The Labute approximate surface area is 130 Å². The van der Waals surface area contributed by atoms with Gasteiger partial charge in [0.1, 0.15) is 0 Å². The van der Waals surface area contributed by atoms with E-state index in [9.17, 15) is 0 Å². The lowest BCUT2D eigenvalue weighted by atomic mass is 10.0. The number of hydrogen-bond acceptors (Lipinski definition) is 3.